The highest BCUT2D eigenvalue weighted by Crippen LogP contribution is 2.36. The number of hydrogen-bond donors (Lipinski definition) is 2. The average Bonchev–Trinajstić information content (AvgIpc) is 2.78. The van der Waals surface area contributed by atoms with Crippen molar-refractivity contribution in [3.8, 4) is 0 Å². The Labute approximate surface area is 123 Å². The summed E-state index contributed by atoms with van der Waals surface area (Å²) in [5, 5.41) is 3.10. The van der Waals surface area contributed by atoms with Gasteiger partial charge in [-0.1, -0.05) is 13.3 Å². The minimum Gasteiger partial charge on any atom is -0.356 e. The summed E-state index contributed by atoms with van der Waals surface area (Å²) in [7, 11) is 0. The lowest BCUT2D eigenvalue weighted by molar-refractivity contribution is -0.130. The molecule has 4 heteroatoms. The van der Waals surface area contributed by atoms with Crippen LogP contribution in [0.5, 0.6) is 0 Å². The molecule has 2 atom stereocenters. The third kappa shape index (κ3) is 3.73. The van der Waals surface area contributed by atoms with Gasteiger partial charge in [-0.3, -0.25) is 4.79 Å². The number of amides is 1. The van der Waals surface area contributed by atoms with E-state index in [1.165, 1.54) is 25.9 Å². The summed E-state index contributed by atoms with van der Waals surface area (Å²) in [6.45, 7) is 8.69. The van der Waals surface area contributed by atoms with E-state index in [9.17, 15) is 4.79 Å². The third-order valence-electron chi connectivity index (χ3n) is 5.36. The van der Waals surface area contributed by atoms with Crippen molar-refractivity contribution in [3.63, 3.8) is 0 Å². The van der Waals surface area contributed by atoms with Crippen LogP contribution in [-0.4, -0.2) is 43.0 Å². The molecule has 0 aromatic rings. The van der Waals surface area contributed by atoms with Crippen molar-refractivity contribution in [3.05, 3.63) is 0 Å². The van der Waals surface area contributed by atoms with Crippen molar-refractivity contribution in [1.29, 1.82) is 0 Å². The van der Waals surface area contributed by atoms with Gasteiger partial charge in [-0.15, -0.1) is 0 Å². The van der Waals surface area contributed by atoms with Crippen LogP contribution in [0.4, 0.5) is 0 Å². The molecule has 2 rings (SSSR count). The van der Waals surface area contributed by atoms with Crippen molar-refractivity contribution in [1.82, 2.24) is 10.2 Å². The van der Waals surface area contributed by atoms with E-state index in [4.69, 9.17) is 5.73 Å². The van der Waals surface area contributed by atoms with E-state index in [-0.39, 0.29) is 17.4 Å². The predicted molar refractivity (Wildman–Crippen MR) is 82.4 cm³/mol. The number of nitrogens with zero attached hydrogens (tertiary/aromatic N) is 1. The van der Waals surface area contributed by atoms with E-state index in [0.717, 1.165) is 44.7 Å². The molecule has 2 fully saturated rings. The number of piperidine rings is 1. The van der Waals surface area contributed by atoms with Gasteiger partial charge in [-0.2, -0.15) is 0 Å². The summed E-state index contributed by atoms with van der Waals surface area (Å²) in [4.78, 5) is 14.8. The Balaban J connectivity index is 1.62. The molecule has 0 radical (unpaired) electrons. The SMILES string of the molecule is CC1CCN(CCCNC(=O)C2(C)CCCC2N)CC1. The standard InChI is InChI=1S/C16H31N3O/c1-13-6-11-19(12-7-13)10-4-9-18-15(20)16(2)8-3-5-14(16)17/h13-14H,3-12,17H2,1-2H3,(H,18,20). The maximum absolute atomic E-state index is 12.3. The zero-order chi connectivity index (χ0) is 14.6. The van der Waals surface area contributed by atoms with Gasteiger partial charge in [0.05, 0.1) is 5.41 Å². The number of carbonyl (C=O) groups excluding carboxylic acids is 1. The molecule has 20 heavy (non-hydrogen) atoms. The van der Waals surface area contributed by atoms with Gasteiger partial charge in [0.1, 0.15) is 0 Å². The summed E-state index contributed by atoms with van der Waals surface area (Å²) in [5.74, 6) is 1.05. The predicted octanol–water partition coefficient (Wildman–Crippen LogP) is 1.74. The second-order valence-corrected chi connectivity index (χ2v) is 7.05. The van der Waals surface area contributed by atoms with Gasteiger partial charge in [-0.05, 0) is 64.6 Å². The van der Waals surface area contributed by atoms with Crippen LogP contribution in [-0.2, 0) is 4.79 Å². The van der Waals surface area contributed by atoms with E-state index < -0.39 is 0 Å². The topological polar surface area (TPSA) is 58.4 Å². The van der Waals surface area contributed by atoms with Crippen LogP contribution in [0.25, 0.3) is 0 Å². The summed E-state index contributed by atoms with van der Waals surface area (Å²) < 4.78 is 0. The van der Waals surface area contributed by atoms with Crippen molar-refractivity contribution in [2.75, 3.05) is 26.2 Å². The highest BCUT2D eigenvalue weighted by Gasteiger charge is 2.42. The fourth-order valence-corrected chi connectivity index (χ4v) is 3.47. The van der Waals surface area contributed by atoms with Crippen LogP contribution in [0.1, 0.15) is 52.4 Å². The molecule has 1 aliphatic carbocycles. The van der Waals surface area contributed by atoms with Gasteiger partial charge in [0, 0.05) is 12.6 Å². The molecule has 4 nitrogen and oxygen atoms in total. The molecule has 1 saturated carbocycles. The number of rotatable bonds is 5. The Hall–Kier alpha value is -0.610. The minimum atomic E-state index is -0.333. The quantitative estimate of drug-likeness (QED) is 0.755. The molecule has 1 heterocycles. The maximum atomic E-state index is 12.3. The molecule has 1 saturated heterocycles. The Morgan fingerprint density at radius 1 is 1.35 bits per heavy atom. The number of nitrogens with one attached hydrogen (secondary N) is 1. The van der Waals surface area contributed by atoms with Gasteiger partial charge < -0.3 is 16.0 Å². The molecule has 2 aliphatic rings. The Morgan fingerprint density at radius 2 is 2.05 bits per heavy atom. The highest BCUT2D eigenvalue weighted by atomic mass is 16.2. The van der Waals surface area contributed by atoms with Crippen LogP contribution in [0.15, 0.2) is 0 Å². The van der Waals surface area contributed by atoms with Gasteiger partial charge in [0.2, 0.25) is 5.91 Å². The van der Waals surface area contributed by atoms with Crippen molar-refractivity contribution in [2.24, 2.45) is 17.1 Å². The first kappa shape index (κ1) is 15.8. The minimum absolute atomic E-state index is 0.0334. The summed E-state index contributed by atoms with van der Waals surface area (Å²) in [6.07, 6.45) is 6.68. The van der Waals surface area contributed by atoms with Crippen molar-refractivity contribution >= 4 is 5.91 Å². The lowest BCUT2D eigenvalue weighted by Crippen LogP contribution is -2.47. The lowest BCUT2D eigenvalue weighted by Gasteiger charge is -2.30. The van der Waals surface area contributed by atoms with Crippen LogP contribution in [0, 0.1) is 11.3 Å². The second-order valence-electron chi connectivity index (χ2n) is 7.05. The van der Waals surface area contributed by atoms with Crippen LogP contribution >= 0.6 is 0 Å². The van der Waals surface area contributed by atoms with Gasteiger partial charge in [-0.25, -0.2) is 0 Å². The van der Waals surface area contributed by atoms with Crippen molar-refractivity contribution in [2.45, 2.75) is 58.4 Å². The normalized spacial score (nSPS) is 32.5. The summed E-state index contributed by atoms with van der Waals surface area (Å²) >= 11 is 0. The number of carbonyl (C=O) groups is 1. The first-order chi connectivity index (χ1) is 9.52. The first-order valence-corrected chi connectivity index (χ1v) is 8.28. The van der Waals surface area contributed by atoms with Crippen LogP contribution in [0.2, 0.25) is 0 Å². The third-order valence-corrected chi connectivity index (χ3v) is 5.36. The van der Waals surface area contributed by atoms with Crippen LogP contribution < -0.4 is 11.1 Å². The summed E-state index contributed by atoms with van der Waals surface area (Å²) in [5.41, 5.74) is 5.75. The number of nitrogens with two attached hydrogens (primary N) is 1. The molecule has 0 spiro atoms. The first-order valence-electron chi connectivity index (χ1n) is 8.28. The largest absolute Gasteiger partial charge is 0.356 e. The van der Waals surface area contributed by atoms with Gasteiger partial charge in [0.15, 0.2) is 0 Å². The summed E-state index contributed by atoms with van der Waals surface area (Å²) in [6, 6.07) is 0.0334. The van der Waals surface area contributed by atoms with E-state index in [1.807, 2.05) is 6.92 Å². The number of likely N-dealkylation sites (tertiary alicyclic amines) is 1. The lowest BCUT2D eigenvalue weighted by atomic mass is 9.84. The molecule has 1 aliphatic heterocycles. The van der Waals surface area contributed by atoms with Crippen molar-refractivity contribution < 1.29 is 4.79 Å². The zero-order valence-corrected chi connectivity index (χ0v) is 13.2. The zero-order valence-electron chi connectivity index (χ0n) is 13.2. The highest BCUT2D eigenvalue weighted by molar-refractivity contribution is 5.83. The number of hydrogen-bond acceptors (Lipinski definition) is 3. The smallest absolute Gasteiger partial charge is 0.227 e. The fraction of sp³-hybridized carbons (Fsp3) is 0.938. The van der Waals surface area contributed by atoms with E-state index >= 15 is 0 Å². The molecule has 0 bridgehead atoms. The molecule has 0 aromatic heterocycles. The Bertz CT molecular complexity index is 326. The Kier molecular flexibility index (Phi) is 5.44. The average molecular weight is 281 g/mol. The van der Waals surface area contributed by atoms with E-state index in [1.54, 1.807) is 0 Å². The monoisotopic (exact) mass is 281 g/mol. The molecule has 2 unspecified atom stereocenters. The molecule has 3 N–H and O–H groups in total. The van der Waals surface area contributed by atoms with Gasteiger partial charge in [0.25, 0.3) is 0 Å². The van der Waals surface area contributed by atoms with Crippen LogP contribution in [0.3, 0.4) is 0 Å². The van der Waals surface area contributed by atoms with Gasteiger partial charge >= 0.3 is 0 Å². The molecule has 1 amide bonds. The molecular weight excluding hydrogens is 250 g/mol. The fourth-order valence-electron chi connectivity index (χ4n) is 3.47. The molecule has 0 aromatic carbocycles. The maximum Gasteiger partial charge on any atom is 0.227 e. The van der Waals surface area contributed by atoms with E-state index in [0.29, 0.717) is 0 Å². The molecule has 116 valence electrons. The second kappa shape index (κ2) is 6.90. The molecular formula is C16H31N3O. The Morgan fingerprint density at radius 3 is 2.65 bits per heavy atom. The van der Waals surface area contributed by atoms with E-state index in [2.05, 4.69) is 17.1 Å².